The molecule has 130 valence electrons. The van der Waals surface area contributed by atoms with Crippen LogP contribution in [0.25, 0.3) is 0 Å². The summed E-state index contributed by atoms with van der Waals surface area (Å²) >= 11 is 0. The molecule has 0 aliphatic heterocycles. The van der Waals surface area contributed by atoms with Crippen molar-refractivity contribution < 1.29 is 14.3 Å². The van der Waals surface area contributed by atoms with Crippen LogP contribution in [0.4, 0.5) is 0 Å². The summed E-state index contributed by atoms with van der Waals surface area (Å²) < 4.78 is 6.75. The van der Waals surface area contributed by atoms with Gasteiger partial charge in [0.2, 0.25) is 0 Å². The van der Waals surface area contributed by atoms with Crippen LogP contribution in [0.15, 0.2) is 0 Å². The number of nitrogens with zero attached hydrogens (tertiary/aromatic N) is 1. The molecular weight excluding hydrogens is 290 g/mol. The largest absolute Gasteiger partial charge is 0.469 e. The van der Waals surface area contributed by atoms with Crippen molar-refractivity contribution in [3.63, 3.8) is 0 Å². The fourth-order valence-corrected chi connectivity index (χ4v) is 3.14. The number of ether oxygens (including phenoxy) is 1. The number of carbonyl (C=O) groups excluding carboxylic acids is 2. The van der Waals surface area contributed by atoms with Crippen molar-refractivity contribution in [2.75, 3.05) is 7.11 Å². The molecule has 1 aromatic rings. The van der Waals surface area contributed by atoms with E-state index >= 15 is 0 Å². The predicted octanol–water partition coefficient (Wildman–Crippen LogP) is 4.29. The summed E-state index contributed by atoms with van der Waals surface area (Å²) in [6.07, 6.45) is 7.33. The van der Waals surface area contributed by atoms with Crippen molar-refractivity contribution in [2.45, 2.75) is 72.1 Å². The zero-order valence-electron chi connectivity index (χ0n) is 15.3. The quantitative estimate of drug-likeness (QED) is 0.367. The first-order valence-corrected chi connectivity index (χ1v) is 8.68. The summed E-state index contributed by atoms with van der Waals surface area (Å²) in [5, 5.41) is 0. The minimum atomic E-state index is -0.216. The van der Waals surface area contributed by atoms with Crippen LogP contribution in [0, 0.1) is 13.8 Å². The van der Waals surface area contributed by atoms with Crippen LogP contribution in [0.2, 0.25) is 0 Å². The summed E-state index contributed by atoms with van der Waals surface area (Å²) in [6.45, 7) is 6.17. The lowest BCUT2D eigenvalue weighted by Gasteiger charge is -2.05. The lowest BCUT2D eigenvalue weighted by molar-refractivity contribution is -0.140. The average molecular weight is 321 g/mol. The van der Waals surface area contributed by atoms with Gasteiger partial charge in [0, 0.05) is 30.4 Å². The lowest BCUT2D eigenvalue weighted by Crippen LogP contribution is -2.06. The van der Waals surface area contributed by atoms with Crippen molar-refractivity contribution in [2.24, 2.45) is 7.05 Å². The molecule has 4 nitrogen and oxygen atoms in total. The van der Waals surface area contributed by atoms with Gasteiger partial charge in [-0.25, -0.2) is 0 Å². The van der Waals surface area contributed by atoms with Crippen molar-refractivity contribution in [1.82, 2.24) is 4.57 Å². The highest BCUT2D eigenvalue weighted by atomic mass is 16.5. The Bertz CT molecular complexity index is 543. The molecule has 0 radical (unpaired) electrons. The molecule has 0 saturated heterocycles. The van der Waals surface area contributed by atoms with Crippen LogP contribution in [0.3, 0.4) is 0 Å². The number of hydrogen-bond acceptors (Lipinski definition) is 3. The average Bonchev–Trinajstić information content (AvgIpc) is 2.74. The van der Waals surface area contributed by atoms with E-state index in [9.17, 15) is 9.59 Å². The molecule has 0 spiro atoms. The first-order chi connectivity index (χ1) is 10.9. The molecule has 4 heteroatoms. The number of carbonyl (C=O) groups is 2. The third-order valence-corrected chi connectivity index (χ3v) is 4.66. The van der Waals surface area contributed by atoms with Gasteiger partial charge in [0.15, 0.2) is 5.78 Å². The third-order valence-electron chi connectivity index (χ3n) is 4.66. The molecule has 0 fully saturated rings. The van der Waals surface area contributed by atoms with E-state index in [4.69, 9.17) is 4.74 Å². The van der Waals surface area contributed by atoms with Gasteiger partial charge in [-0.05, 0) is 32.3 Å². The fourth-order valence-electron chi connectivity index (χ4n) is 3.14. The van der Waals surface area contributed by atoms with Crippen LogP contribution in [-0.4, -0.2) is 23.4 Å². The van der Waals surface area contributed by atoms with E-state index in [1.165, 1.54) is 26.4 Å². The molecule has 0 aliphatic rings. The monoisotopic (exact) mass is 321 g/mol. The Labute approximate surface area is 140 Å². The van der Waals surface area contributed by atoms with Crippen LogP contribution >= 0.6 is 0 Å². The van der Waals surface area contributed by atoms with Crippen LogP contribution in [0.5, 0.6) is 0 Å². The highest BCUT2D eigenvalue weighted by molar-refractivity contribution is 5.99. The predicted molar refractivity (Wildman–Crippen MR) is 92.9 cm³/mol. The lowest BCUT2D eigenvalue weighted by atomic mass is 9.99. The Morgan fingerprint density at radius 3 is 2.30 bits per heavy atom. The second kappa shape index (κ2) is 9.53. The molecular formula is C19H31NO3. The zero-order valence-corrected chi connectivity index (χ0v) is 15.3. The normalized spacial score (nSPS) is 10.8. The minimum absolute atomic E-state index is 0.216. The maximum absolute atomic E-state index is 12.6. The van der Waals surface area contributed by atoms with Crippen molar-refractivity contribution in [1.29, 1.82) is 0 Å². The molecule has 0 aliphatic carbocycles. The number of unbranched alkanes of at least 4 members (excludes halogenated alkanes) is 4. The number of ketones is 1. The van der Waals surface area contributed by atoms with Gasteiger partial charge in [-0.15, -0.1) is 0 Å². The van der Waals surface area contributed by atoms with Gasteiger partial charge < -0.3 is 9.30 Å². The van der Waals surface area contributed by atoms with Crippen molar-refractivity contribution in [3.05, 3.63) is 22.5 Å². The number of Topliss-reactive ketones (excluding diaryl/α,β-unsaturated/α-hetero) is 1. The SMILES string of the molecule is CCCCCCCC(=O)c1c(C)c(CCC(=O)OC)n(C)c1C. The topological polar surface area (TPSA) is 48.3 Å². The van der Waals surface area contributed by atoms with Gasteiger partial charge in [-0.3, -0.25) is 9.59 Å². The summed E-state index contributed by atoms with van der Waals surface area (Å²) in [6, 6.07) is 0. The molecule has 0 saturated carbocycles. The molecule has 1 heterocycles. The number of esters is 1. The third kappa shape index (κ3) is 5.22. The van der Waals surface area contributed by atoms with Crippen molar-refractivity contribution >= 4 is 11.8 Å². The van der Waals surface area contributed by atoms with Gasteiger partial charge in [-0.2, -0.15) is 0 Å². The highest BCUT2D eigenvalue weighted by Crippen LogP contribution is 2.24. The highest BCUT2D eigenvalue weighted by Gasteiger charge is 2.20. The van der Waals surface area contributed by atoms with E-state index in [0.29, 0.717) is 19.3 Å². The van der Waals surface area contributed by atoms with Gasteiger partial charge >= 0.3 is 5.97 Å². The minimum Gasteiger partial charge on any atom is -0.469 e. The maximum Gasteiger partial charge on any atom is 0.305 e. The standard InChI is InChI=1S/C19H31NO3/c1-6-7-8-9-10-11-17(21)19-14(2)16(20(4)15(19)3)12-13-18(22)23-5/h6-13H2,1-5H3. The van der Waals surface area contributed by atoms with Crippen LogP contribution in [0.1, 0.15) is 79.2 Å². The molecule has 1 aromatic heterocycles. The molecule has 1 rings (SSSR count). The molecule has 0 amide bonds. The fraction of sp³-hybridized carbons (Fsp3) is 0.684. The number of hydrogen-bond donors (Lipinski definition) is 0. The van der Waals surface area contributed by atoms with Crippen LogP contribution < -0.4 is 0 Å². The molecule has 0 bridgehead atoms. The Kier molecular flexibility index (Phi) is 8.07. The molecule has 0 unspecified atom stereocenters. The van der Waals surface area contributed by atoms with Gasteiger partial charge in [0.1, 0.15) is 0 Å². The molecule has 0 N–H and O–H groups in total. The summed E-state index contributed by atoms with van der Waals surface area (Å²) in [5.41, 5.74) is 3.93. The van der Waals surface area contributed by atoms with Crippen molar-refractivity contribution in [3.8, 4) is 0 Å². The molecule has 0 atom stereocenters. The van der Waals surface area contributed by atoms with Gasteiger partial charge in [0.25, 0.3) is 0 Å². The van der Waals surface area contributed by atoms with E-state index in [0.717, 1.165) is 35.4 Å². The zero-order chi connectivity index (χ0) is 17.4. The van der Waals surface area contributed by atoms with E-state index in [2.05, 4.69) is 6.92 Å². The maximum atomic E-state index is 12.6. The summed E-state index contributed by atoms with van der Waals surface area (Å²) in [4.78, 5) is 23.9. The van der Waals surface area contributed by atoms with E-state index in [1.54, 1.807) is 0 Å². The first-order valence-electron chi connectivity index (χ1n) is 8.68. The number of aromatic nitrogens is 1. The number of methoxy groups -OCH3 is 1. The number of rotatable bonds is 10. The van der Waals surface area contributed by atoms with Gasteiger partial charge in [0.05, 0.1) is 13.5 Å². The Hall–Kier alpha value is -1.58. The van der Waals surface area contributed by atoms with Gasteiger partial charge in [-0.1, -0.05) is 32.6 Å². The Morgan fingerprint density at radius 1 is 1.04 bits per heavy atom. The molecule has 23 heavy (non-hydrogen) atoms. The Balaban J connectivity index is 2.75. The van der Waals surface area contributed by atoms with E-state index < -0.39 is 0 Å². The summed E-state index contributed by atoms with van der Waals surface area (Å²) in [7, 11) is 3.37. The summed E-state index contributed by atoms with van der Waals surface area (Å²) in [5.74, 6) is 0.0171. The second-order valence-electron chi connectivity index (χ2n) is 6.25. The first kappa shape index (κ1) is 19.5. The van der Waals surface area contributed by atoms with E-state index in [1.807, 2.05) is 25.5 Å². The molecule has 0 aromatic carbocycles. The smallest absolute Gasteiger partial charge is 0.305 e. The second-order valence-corrected chi connectivity index (χ2v) is 6.25. The van der Waals surface area contributed by atoms with E-state index in [-0.39, 0.29) is 11.8 Å². The Morgan fingerprint density at radius 2 is 1.70 bits per heavy atom. The van der Waals surface area contributed by atoms with Crippen LogP contribution in [-0.2, 0) is 23.0 Å².